The predicted octanol–water partition coefficient (Wildman–Crippen LogP) is 2.74. The van der Waals surface area contributed by atoms with Crippen molar-refractivity contribution >= 4 is 0 Å². The van der Waals surface area contributed by atoms with E-state index in [0.717, 1.165) is 17.7 Å². The normalized spacial score (nSPS) is 14.0. The van der Waals surface area contributed by atoms with Crippen molar-refractivity contribution in [2.24, 2.45) is 0 Å². The molecule has 2 N–H and O–H groups in total. The number of nitrogens with one attached hydrogen (secondary N) is 1. The van der Waals surface area contributed by atoms with Crippen LogP contribution in [0.4, 0.5) is 8.78 Å². The summed E-state index contributed by atoms with van der Waals surface area (Å²) in [6, 6.07) is 6.88. The molecule has 0 saturated heterocycles. The van der Waals surface area contributed by atoms with Gasteiger partial charge in [-0.2, -0.15) is 0 Å². The van der Waals surface area contributed by atoms with Crippen molar-refractivity contribution < 1.29 is 13.9 Å². The van der Waals surface area contributed by atoms with Crippen molar-refractivity contribution in [3.63, 3.8) is 0 Å². The highest BCUT2D eigenvalue weighted by Gasteiger charge is 2.14. The molecule has 0 aliphatic rings. The van der Waals surface area contributed by atoms with Gasteiger partial charge in [-0.3, -0.25) is 4.98 Å². The first kappa shape index (κ1) is 14.6. The number of hydrogen-bond donors (Lipinski definition) is 2. The van der Waals surface area contributed by atoms with E-state index in [9.17, 15) is 13.9 Å². The van der Waals surface area contributed by atoms with Gasteiger partial charge in [0.15, 0.2) is 0 Å². The maximum absolute atomic E-state index is 13.5. The fourth-order valence-electron chi connectivity index (χ4n) is 1.94. The number of aliphatic hydroxyl groups excluding tert-OH is 1. The molecule has 2 rings (SSSR count). The molecule has 1 aromatic heterocycles. The van der Waals surface area contributed by atoms with Crippen molar-refractivity contribution in [3.8, 4) is 0 Å². The highest BCUT2D eigenvalue weighted by molar-refractivity contribution is 5.21. The van der Waals surface area contributed by atoms with E-state index in [1.165, 1.54) is 6.07 Å². The quantitative estimate of drug-likeness (QED) is 0.884. The summed E-state index contributed by atoms with van der Waals surface area (Å²) in [7, 11) is 0. The molecule has 2 atom stereocenters. The summed E-state index contributed by atoms with van der Waals surface area (Å²) in [5.74, 6) is -1.40. The molecular formula is C15H16F2N2O. The highest BCUT2D eigenvalue weighted by Crippen LogP contribution is 2.19. The van der Waals surface area contributed by atoms with Crippen molar-refractivity contribution in [2.45, 2.75) is 19.1 Å². The minimum absolute atomic E-state index is 0.00356. The van der Waals surface area contributed by atoms with Gasteiger partial charge in [-0.15, -0.1) is 0 Å². The Hall–Kier alpha value is -1.85. The van der Waals surface area contributed by atoms with Crippen LogP contribution >= 0.6 is 0 Å². The number of pyridine rings is 1. The summed E-state index contributed by atoms with van der Waals surface area (Å²) in [5.41, 5.74) is 1.10. The molecule has 0 bridgehead atoms. The minimum atomic E-state index is -1.03. The molecule has 0 amide bonds. The lowest BCUT2D eigenvalue weighted by atomic mass is 10.1. The molecule has 1 aromatic carbocycles. The Morgan fingerprint density at radius 2 is 1.90 bits per heavy atom. The Morgan fingerprint density at radius 3 is 2.55 bits per heavy atom. The molecule has 0 spiro atoms. The topological polar surface area (TPSA) is 45.1 Å². The van der Waals surface area contributed by atoms with E-state index in [0.29, 0.717) is 0 Å². The lowest BCUT2D eigenvalue weighted by Crippen LogP contribution is -2.25. The third kappa shape index (κ3) is 3.59. The van der Waals surface area contributed by atoms with Crippen molar-refractivity contribution in [1.29, 1.82) is 0 Å². The second-order valence-corrected chi connectivity index (χ2v) is 4.59. The summed E-state index contributed by atoms with van der Waals surface area (Å²) < 4.78 is 26.3. The second-order valence-electron chi connectivity index (χ2n) is 4.59. The van der Waals surface area contributed by atoms with E-state index in [1.54, 1.807) is 12.4 Å². The molecule has 0 radical (unpaired) electrons. The summed E-state index contributed by atoms with van der Waals surface area (Å²) in [6.07, 6.45) is 2.34. The lowest BCUT2D eigenvalue weighted by molar-refractivity contribution is 0.166. The average Bonchev–Trinajstić information content (AvgIpc) is 2.45. The van der Waals surface area contributed by atoms with Crippen molar-refractivity contribution in [1.82, 2.24) is 10.3 Å². The smallest absolute Gasteiger partial charge is 0.131 e. The molecule has 0 fully saturated rings. The molecule has 2 aromatic rings. The van der Waals surface area contributed by atoms with Gasteiger partial charge in [-0.25, -0.2) is 8.78 Å². The monoisotopic (exact) mass is 278 g/mol. The molecule has 0 saturated carbocycles. The SMILES string of the molecule is C[C@@H](NCC(O)c1ccc(F)cc1F)c1ccncc1. The number of hydrogen-bond acceptors (Lipinski definition) is 3. The Kier molecular flexibility index (Phi) is 4.76. The third-order valence-electron chi connectivity index (χ3n) is 3.14. The number of aliphatic hydroxyl groups is 1. The number of benzene rings is 1. The van der Waals surface area contributed by atoms with Gasteiger partial charge in [0.1, 0.15) is 11.6 Å². The first-order valence-corrected chi connectivity index (χ1v) is 6.34. The fourth-order valence-corrected chi connectivity index (χ4v) is 1.94. The van der Waals surface area contributed by atoms with Crippen LogP contribution in [0, 0.1) is 11.6 Å². The van der Waals surface area contributed by atoms with Crippen LogP contribution in [-0.4, -0.2) is 16.6 Å². The van der Waals surface area contributed by atoms with Gasteiger partial charge in [-0.1, -0.05) is 6.07 Å². The van der Waals surface area contributed by atoms with Gasteiger partial charge in [-0.05, 0) is 30.7 Å². The minimum Gasteiger partial charge on any atom is -0.387 e. The van der Waals surface area contributed by atoms with Crippen LogP contribution in [0.1, 0.15) is 30.2 Å². The molecule has 20 heavy (non-hydrogen) atoms. The van der Waals surface area contributed by atoms with Crippen LogP contribution in [0.2, 0.25) is 0 Å². The molecule has 1 unspecified atom stereocenters. The van der Waals surface area contributed by atoms with E-state index in [1.807, 2.05) is 19.1 Å². The van der Waals surface area contributed by atoms with E-state index in [-0.39, 0.29) is 18.2 Å². The maximum Gasteiger partial charge on any atom is 0.131 e. The van der Waals surface area contributed by atoms with E-state index in [2.05, 4.69) is 10.3 Å². The number of nitrogens with zero attached hydrogens (tertiary/aromatic N) is 1. The largest absolute Gasteiger partial charge is 0.387 e. The molecule has 1 heterocycles. The van der Waals surface area contributed by atoms with Gasteiger partial charge in [0.05, 0.1) is 6.10 Å². The van der Waals surface area contributed by atoms with E-state index < -0.39 is 17.7 Å². The van der Waals surface area contributed by atoms with Crippen molar-refractivity contribution in [2.75, 3.05) is 6.54 Å². The van der Waals surface area contributed by atoms with Crippen LogP contribution in [0.3, 0.4) is 0 Å². The third-order valence-corrected chi connectivity index (χ3v) is 3.14. The van der Waals surface area contributed by atoms with Crippen molar-refractivity contribution in [3.05, 3.63) is 65.5 Å². The summed E-state index contributed by atoms with van der Waals surface area (Å²) in [5, 5.41) is 13.1. The van der Waals surface area contributed by atoms with Gasteiger partial charge < -0.3 is 10.4 Å². The van der Waals surface area contributed by atoms with Gasteiger partial charge in [0.25, 0.3) is 0 Å². The second kappa shape index (κ2) is 6.54. The molecule has 3 nitrogen and oxygen atoms in total. The van der Waals surface area contributed by atoms with Crippen LogP contribution in [0.25, 0.3) is 0 Å². The molecule has 5 heteroatoms. The molecule has 0 aliphatic carbocycles. The zero-order valence-corrected chi connectivity index (χ0v) is 11.1. The van der Waals surface area contributed by atoms with E-state index in [4.69, 9.17) is 0 Å². The Balaban J connectivity index is 1.96. The van der Waals surface area contributed by atoms with Crippen LogP contribution in [-0.2, 0) is 0 Å². The average molecular weight is 278 g/mol. The fraction of sp³-hybridized carbons (Fsp3) is 0.267. The Morgan fingerprint density at radius 1 is 1.20 bits per heavy atom. The summed E-state index contributed by atoms with van der Waals surface area (Å²) in [4.78, 5) is 3.93. The van der Waals surface area contributed by atoms with Gasteiger partial charge in [0.2, 0.25) is 0 Å². The molecule has 0 aliphatic heterocycles. The molecule has 106 valence electrons. The van der Waals surface area contributed by atoms with Crippen LogP contribution in [0.15, 0.2) is 42.7 Å². The zero-order valence-electron chi connectivity index (χ0n) is 11.1. The standard InChI is InChI=1S/C15H16F2N2O/c1-10(11-4-6-18-7-5-11)19-9-15(20)13-3-2-12(16)8-14(13)17/h2-8,10,15,19-20H,9H2,1H3/t10-,15?/m1/s1. The predicted molar refractivity (Wildman–Crippen MR) is 72.0 cm³/mol. The first-order chi connectivity index (χ1) is 9.58. The lowest BCUT2D eigenvalue weighted by Gasteiger charge is -2.18. The Labute approximate surface area is 116 Å². The maximum atomic E-state index is 13.5. The zero-order chi connectivity index (χ0) is 14.5. The van der Waals surface area contributed by atoms with Gasteiger partial charge in [0, 0.05) is 36.6 Å². The highest BCUT2D eigenvalue weighted by atomic mass is 19.1. The van der Waals surface area contributed by atoms with Gasteiger partial charge >= 0.3 is 0 Å². The Bertz CT molecular complexity index is 563. The summed E-state index contributed by atoms with van der Waals surface area (Å²) >= 11 is 0. The number of aromatic nitrogens is 1. The molecular weight excluding hydrogens is 262 g/mol. The summed E-state index contributed by atoms with van der Waals surface area (Å²) in [6.45, 7) is 2.11. The number of rotatable bonds is 5. The number of halogens is 2. The van der Waals surface area contributed by atoms with E-state index >= 15 is 0 Å². The van der Waals surface area contributed by atoms with Crippen LogP contribution < -0.4 is 5.32 Å². The first-order valence-electron chi connectivity index (χ1n) is 6.34. The van der Waals surface area contributed by atoms with Crippen LogP contribution in [0.5, 0.6) is 0 Å².